The maximum Gasteiger partial charge on any atom is 0.240 e. The first-order valence-corrected chi connectivity index (χ1v) is 9.58. The number of hydrogen-bond donors (Lipinski definition) is 1. The molecule has 0 aromatic heterocycles. The third-order valence-corrected chi connectivity index (χ3v) is 6.87. The smallest absolute Gasteiger partial charge is 0.211 e. The Morgan fingerprint density at radius 2 is 1.82 bits per heavy atom. The van der Waals surface area contributed by atoms with Crippen LogP contribution in [0.2, 0.25) is 0 Å². The summed E-state index contributed by atoms with van der Waals surface area (Å²) >= 11 is 0. The molecule has 0 saturated heterocycles. The summed E-state index contributed by atoms with van der Waals surface area (Å²) in [5.74, 6) is 2.12. The van der Waals surface area contributed by atoms with Crippen LogP contribution in [-0.4, -0.2) is 15.0 Å². The molecule has 0 amide bonds. The minimum atomic E-state index is -3.41. The van der Waals surface area contributed by atoms with Gasteiger partial charge in [0.1, 0.15) is 0 Å². The fourth-order valence-corrected chi connectivity index (χ4v) is 5.39. The number of hydrogen-bond acceptors (Lipinski definition) is 2. The molecule has 3 unspecified atom stereocenters. The zero-order valence-electron chi connectivity index (χ0n) is 12.5. The van der Waals surface area contributed by atoms with Gasteiger partial charge in [-0.15, -0.1) is 0 Å². The first-order chi connectivity index (χ1) is 10.6. The summed E-state index contributed by atoms with van der Waals surface area (Å²) in [6.07, 6.45) is 5.14. The summed E-state index contributed by atoms with van der Waals surface area (Å²) < 4.78 is 27.9. The molecule has 1 N–H and O–H groups in total. The van der Waals surface area contributed by atoms with E-state index < -0.39 is 10.0 Å². The summed E-state index contributed by atoms with van der Waals surface area (Å²) in [5, 5.41) is 2.03. The van der Waals surface area contributed by atoms with Crippen molar-refractivity contribution in [2.24, 2.45) is 17.8 Å². The van der Waals surface area contributed by atoms with Crippen molar-refractivity contribution in [3.63, 3.8) is 0 Å². The van der Waals surface area contributed by atoms with E-state index in [1.165, 1.54) is 25.7 Å². The van der Waals surface area contributed by atoms with Crippen molar-refractivity contribution in [3.05, 3.63) is 42.5 Å². The highest BCUT2D eigenvalue weighted by atomic mass is 32.2. The van der Waals surface area contributed by atoms with Gasteiger partial charge in [0.05, 0.1) is 4.90 Å². The fraction of sp³-hybridized carbons (Fsp3) is 0.444. The Morgan fingerprint density at radius 1 is 1.00 bits per heavy atom. The SMILES string of the molecule is O=S(=O)(NCC1CC2CCC1C2)c1ccc2ccccc2c1. The highest BCUT2D eigenvalue weighted by molar-refractivity contribution is 7.89. The molecule has 2 fully saturated rings. The third-order valence-electron chi connectivity index (χ3n) is 5.45. The number of benzene rings is 2. The van der Waals surface area contributed by atoms with Gasteiger partial charge in [-0.25, -0.2) is 13.1 Å². The zero-order chi connectivity index (χ0) is 15.2. The second-order valence-electron chi connectivity index (χ2n) is 6.80. The maximum absolute atomic E-state index is 12.5. The van der Waals surface area contributed by atoms with Crippen LogP contribution in [-0.2, 0) is 10.0 Å². The lowest BCUT2D eigenvalue weighted by Gasteiger charge is -2.21. The predicted octanol–water partition coefficient (Wildman–Crippen LogP) is 3.55. The Morgan fingerprint density at radius 3 is 2.55 bits per heavy atom. The van der Waals surface area contributed by atoms with Crippen LogP contribution in [0, 0.1) is 17.8 Å². The van der Waals surface area contributed by atoms with Gasteiger partial charge in [-0.3, -0.25) is 0 Å². The van der Waals surface area contributed by atoms with Crippen LogP contribution in [0.4, 0.5) is 0 Å². The standard InChI is InChI=1S/C18H21NO2S/c20-22(21,19-12-17-10-13-5-6-16(17)9-13)18-8-7-14-3-1-2-4-15(14)11-18/h1-4,7-8,11,13,16-17,19H,5-6,9-10,12H2. The topological polar surface area (TPSA) is 46.2 Å². The van der Waals surface area contributed by atoms with Crippen LogP contribution < -0.4 is 4.72 Å². The van der Waals surface area contributed by atoms with Crippen LogP contribution >= 0.6 is 0 Å². The van der Waals surface area contributed by atoms with Gasteiger partial charge in [0, 0.05) is 6.54 Å². The molecule has 116 valence electrons. The Kier molecular flexibility index (Phi) is 3.46. The second kappa shape index (κ2) is 5.36. The summed E-state index contributed by atoms with van der Waals surface area (Å²) in [5.41, 5.74) is 0. The van der Waals surface area contributed by atoms with Crippen LogP contribution in [0.15, 0.2) is 47.4 Å². The lowest BCUT2D eigenvalue weighted by atomic mass is 9.89. The fourth-order valence-electron chi connectivity index (χ4n) is 4.26. The third kappa shape index (κ3) is 2.55. The van der Waals surface area contributed by atoms with Crippen molar-refractivity contribution < 1.29 is 8.42 Å². The number of rotatable bonds is 4. The molecular formula is C18H21NO2S. The molecule has 2 bridgehead atoms. The molecule has 2 aromatic rings. The Bertz CT molecular complexity index is 800. The molecular weight excluding hydrogens is 294 g/mol. The molecule has 0 heterocycles. The van der Waals surface area contributed by atoms with Gasteiger partial charge < -0.3 is 0 Å². The van der Waals surface area contributed by atoms with E-state index in [4.69, 9.17) is 0 Å². The molecule has 2 saturated carbocycles. The Labute approximate surface area is 131 Å². The monoisotopic (exact) mass is 315 g/mol. The van der Waals surface area contributed by atoms with Gasteiger partial charge in [0.2, 0.25) is 10.0 Å². The number of sulfonamides is 1. The molecule has 3 atom stereocenters. The van der Waals surface area contributed by atoms with Gasteiger partial charge in [-0.05, 0) is 59.9 Å². The maximum atomic E-state index is 12.5. The highest BCUT2D eigenvalue weighted by Crippen LogP contribution is 2.48. The van der Waals surface area contributed by atoms with Gasteiger partial charge >= 0.3 is 0 Å². The van der Waals surface area contributed by atoms with Crippen molar-refractivity contribution in [2.75, 3.05) is 6.54 Å². The van der Waals surface area contributed by atoms with Crippen molar-refractivity contribution in [1.29, 1.82) is 0 Å². The Balaban J connectivity index is 1.52. The van der Waals surface area contributed by atoms with E-state index >= 15 is 0 Å². The molecule has 2 aromatic carbocycles. The van der Waals surface area contributed by atoms with E-state index in [0.29, 0.717) is 17.4 Å². The van der Waals surface area contributed by atoms with E-state index in [2.05, 4.69) is 4.72 Å². The molecule has 3 nitrogen and oxygen atoms in total. The van der Waals surface area contributed by atoms with E-state index in [1.807, 2.05) is 30.3 Å². The molecule has 2 aliphatic rings. The number of nitrogens with one attached hydrogen (secondary N) is 1. The first-order valence-electron chi connectivity index (χ1n) is 8.10. The summed E-state index contributed by atoms with van der Waals surface area (Å²) in [6.45, 7) is 0.594. The number of fused-ring (bicyclic) bond motifs is 3. The minimum absolute atomic E-state index is 0.370. The lowest BCUT2D eigenvalue weighted by Crippen LogP contribution is -2.31. The van der Waals surface area contributed by atoms with Gasteiger partial charge in [-0.2, -0.15) is 0 Å². The van der Waals surface area contributed by atoms with Gasteiger partial charge in [-0.1, -0.05) is 36.8 Å². The molecule has 0 spiro atoms. The van der Waals surface area contributed by atoms with Crippen molar-refractivity contribution in [2.45, 2.75) is 30.6 Å². The van der Waals surface area contributed by atoms with Crippen LogP contribution in [0.1, 0.15) is 25.7 Å². The minimum Gasteiger partial charge on any atom is -0.211 e. The van der Waals surface area contributed by atoms with Gasteiger partial charge in [0.15, 0.2) is 0 Å². The molecule has 2 aliphatic carbocycles. The van der Waals surface area contributed by atoms with Crippen molar-refractivity contribution in [3.8, 4) is 0 Å². The van der Waals surface area contributed by atoms with Crippen LogP contribution in [0.5, 0.6) is 0 Å². The van der Waals surface area contributed by atoms with E-state index in [1.54, 1.807) is 12.1 Å². The molecule has 4 rings (SSSR count). The average Bonchev–Trinajstić information content (AvgIpc) is 3.15. The van der Waals surface area contributed by atoms with Crippen LogP contribution in [0.3, 0.4) is 0 Å². The molecule has 4 heteroatoms. The second-order valence-corrected chi connectivity index (χ2v) is 8.56. The summed E-state index contributed by atoms with van der Waals surface area (Å²) in [7, 11) is -3.41. The summed E-state index contributed by atoms with van der Waals surface area (Å²) in [6, 6.07) is 13.2. The average molecular weight is 315 g/mol. The predicted molar refractivity (Wildman–Crippen MR) is 88.1 cm³/mol. The molecule has 22 heavy (non-hydrogen) atoms. The van der Waals surface area contributed by atoms with E-state index in [-0.39, 0.29) is 0 Å². The Hall–Kier alpha value is -1.39. The lowest BCUT2D eigenvalue weighted by molar-refractivity contribution is 0.333. The normalized spacial score (nSPS) is 27.5. The zero-order valence-corrected chi connectivity index (χ0v) is 13.4. The van der Waals surface area contributed by atoms with E-state index in [9.17, 15) is 8.42 Å². The van der Waals surface area contributed by atoms with Crippen LogP contribution in [0.25, 0.3) is 10.8 Å². The first kappa shape index (κ1) is 14.2. The molecule has 0 radical (unpaired) electrons. The highest BCUT2D eigenvalue weighted by Gasteiger charge is 2.39. The quantitative estimate of drug-likeness (QED) is 0.938. The van der Waals surface area contributed by atoms with Crippen molar-refractivity contribution >= 4 is 20.8 Å². The summed E-state index contributed by atoms with van der Waals surface area (Å²) in [4.78, 5) is 0.370. The van der Waals surface area contributed by atoms with E-state index in [0.717, 1.165) is 22.6 Å². The largest absolute Gasteiger partial charge is 0.240 e. The van der Waals surface area contributed by atoms with Crippen molar-refractivity contribution in [1.82, 2.24) is 4.72 Å². The molecule has 0 aliphatic heterocycles. The van der Waals surface area contributed by atoms with Gasteiger partial charge in [0.25, 0.3) is 0 Å².